The summed E-state index contributed by atoms with van der Waals surface area (Å²) >= 11 is 5.67. The summed E-state index contributed by atoms with van der Waals surface area (Å²) in [6, 6.07) is 10.5. The maximum atomic E-state index is 13.6. The van der Waals surface area contributed by atoms with Crippen molar-refractivity contribution in [3.05, 3.63) is 64.2 Å². The van der Waals surface area contributed by atoms with Gasteiger partial charge in [0.05, 0.1) is 10.6 Å². The summed E-state index contributed by atoms with van der Waals surface area (Å²) in [6.07, 6.45) is 0. The van der Waals surface area contributed by atoms with Gasteiger partial charge in [-0.15, -0.1) is 0 Å². The van der Waals surface area contributed by atoms with Gasteiger partial charge in [-0.2, -0.15) is 5.26 Å². The molecule has 5 heteroatoms. The van der Waals surface area contributed by atoms with E-state index in [2.05, 4.69) is 5.32 Å². The topological polar surface area (TPSA) is 35.8 Å². The minimum absolute atomic E-state index is 0.0520. The van der Waals surface area contributed by atoms with Crippen LogP contribution in [0, 0.1) is 23.0 Å². The van der Waals surface area contributed by atoms with Crippen molar-refractivity contribution in [2.45, 2.75) is 6.54 Å². The van der Waals surface area contributed by atoms with E-state index in [-0.39, 0.29) is 17.1 Å². The summed E-state index contributed by atoms with van der Waals surface area (Å²) in [7, 11) is 0. The van der Waals surface area contributed by atoms with Crippen molar-refractivity contribution < 1.29 is 8.78 Å². The molecule has 0 radical (unpaired) electrons. The molecule has 1 N–H and O–H groups in total. The highest BCUT2D eigenvalue weighted by molar-refractivity contribution is 6.30. The lowest BCUT2D eigenvalue weighted by Crippen LogP contribution is -2.02. The largest absolute Gasteiger partial charge is 0.381 e. The molecule has 0 aromatic heterocycles. The number of halogens is 3. The third-order valence-electron chi connectivity index (χ3n) is 2.60. The smallest absolute Gasteiger partial charge is 0.146 e. The number of hydrogen-bond donors (Lipinski definition) is 1. The predicted octanol–water partition coefficient (Wildman–Crippen LogP) is 4.10. The number of nitrogens with one attached hydrogen (secondary N) is 1. The molecule has 0 aliphatic rings. The minimum atomic E-state index is -0.581. The Bertz CT molecular complexity index is 650. The molecule has 0 heterocycles. The van der Waals surface area contributed by atoms with Gasteiger partial charge in [0, 0.05) is 17.8 Å². The average Bonchev–Trinajstić information content (AvgIpc) is 2.42. The van der Waals surface area contributed by atoms with Crippen LogP contribution in [0.5, 0.6) is 0 Å². The van der Waals surface area contributed by atoms with E-state index in [9.17, 15) is 8.78 Å². The van der Waals surface area contributed by atoms with Gasteiger partial charge in [0.25, 0.3) is 0 Å². The van der Waals surface area contributed by atoms with E-state index in [0.717, 1.165) is 0 Å². The van der Waals surface area contributed by atoms with Gasteiger partial charge in [0.1, 0.15) is 17.7 Å². The van der Waals surface area contributed by atoms with Gasteiger partial charge in [-0.3, -0.25) is 0 Å². The molecule has 0 saturated carbocycles. The molecule has 0 bridgehead atoms. The molecule has 0 aliphatic carbocycles. The van der Waals surface area contributed by atoms with Crippen molar-refractivity contribution in [3.63, 3.8) is 0 Å². The highest BCUT2D eigenvalue weighted by Gasteiger charge is 2.07. The van der Waals surface area contributed by atoms with Gasteiger partial charge in [0.2, 0.25) is 0 Å². The van der Waals surface area contributed by atoms with E-state index in [1.165, 1.54) is 24.3 Å². The summed E-state index contributed by atoms with van der Waals surface area (Å²) in [5, 5.41) is 11.7. The third kappa shape index (κ3) is 3.01. The average molecular weight is 279 g/mol. The molecule has 2 aromatic rings. The summed E-state index contributed by atoms with van der Waals surface area (Å²) < 4.78 is 26.8. The highest BCUT2D eigenvalue weighted by Crippen LogP contribution is 2.20. The zero-order valence-electron chi connectivity index (χ0n) is 9.75. The number of hydrogen-bond acceptors (Lipinski definition) is 2. The van der Waals surface area contributed by atoms with Gasteiger partial charge in [-0.25, -0.2) is 8.78 Å². The van der Waals surface area contributed by atoms with E-state index < -0.39 is 11.6 Å². The molecule has 2 aromatic carbocycles. The van der Waals surface area contributed by atoms with Crippen LogP contribution in [0.15, 0.2) is 36.4 Å². The summed E-state index contributed by atoms with van der Waals surface area (Å²) in [5.74, 6) is -1.07. The molecule has 0 amide bonds. The molecule has 19 heavy (non-hydrogen) atoms. The number of benzene rings is 2. The Morgan fingerprint density at radius 3 is 2.74 bits per heavy atom. The minimum Gasteiger partial charge on any atom is -0.381 e. The van der Waals surface area contributed by atoms with Gasteiger partial charge in [-0.05, 0) is 24.3 Å². The summed E-state index contributed by atoms with van der Waals surface area (Å²) in [6.45, 7) is 0.197. The van der Waals surface area contributed by atoms with Gasteiger partial charge in [0.15, 0.2) is 0 Å². The second-order valence-corrected chi connectivity index (χ2v) is 4.28. The molecule has 2 rings (SSSR count). The Balaban J connectivity index is 2.15. The van der Waals surface area contributed by atoms with Crippen LogP contribution >= 0.6 is 11.6 Å². The zero-order valence-corrected chi connectivity index (χ0v) is 10.5. The Morgan fingerprint density at radius 1 is 1.21 bits per heavy atom. The van der Waals surface area contributed by atoms with Crippen molar-refractivity contribution >= 4 is 17.3 Å². The van der Waals surface area contributed by atoms with Crippen LogP contribution in [-0.2, 0) is 6.54 Å². The van der Waals surface area contributed by atoms with E-state index in [0.29, 0.717) is 11.3 Å². The lowest BCUT2D eigenvalue weighted by molar-refractivity contribution is 0.613. The number of nitrogens with zero attached hydrogens (tertiary/aromatic N) is 1. The molecule has 0 fully saturated rings. The summed E-state index contributed by atoms with van der Waals surface area (Å²) in [4.78, 5) is 0. The Hall–Kier alpha value is -2.12. The Kier molecular flexibility index (Phi) is 3.98. The standard InChI is InChI=1S/C14H9ClF2N2/c15-12-3-1-2-9(14(12)17)8-19-11-4-5-13(16)10(6-11)7-18/h1-6,19H,8H2. The Labute approximate surface area is 114 Å². The number of nitriles is 1. The van der Waals surface area contributed by atoms with Crippen LogP contribution in [0.1, 0.15) is 11.1 Å². The fourth-order valence-corrected chi connectivity index (χ4v) is 1.80. The van der Waals surface area contributed by atoms with Crippen molar-refractivity contribution in [2.75, 3.05) is 5.32 Å². The van der Waals surface area contributed by atoms with Crippen LogP contribution < -0.4 is 5.32 Å². The lowest BCUT2D eigenvalue weighted by atomic mass is 10.2. The molecular weight excluding hydrogens is 270 g/mol. The third-order valence-corrected chi connectivity index (χ3v) is 2.89. The molecule has 0 spiro atoms. The van der Waals surface area contributed by atoms with Crippen LogP contribution in [0.25, 0.3) is 0 Å². The molecule has 96 valence electrons. The lowest BCUT2D eigenvalue weighted by Gasteiger charge is -2.08. The van der Waals surface area contributed by atoms with Crippen LogP contribution in [-0.4, -0.2) is 0 Å². The molecular formula is C14H9ClF2N2. The van der Waals surface area contributed by atoms with E-state index in [1.807, 2.05) is 0 Å². The van der Waals surface area contributed by atoms with Crippen LogP contribution in [0.4, 0.5) is 14.5 Å². The fourth-order valence-electron chi connectivity index (χ4n) is 1.60. The maximum absolute atomic E-state index is 13.6. The highest BCUT2D eigenvalue weighted by atomic mass is 35.5. The van der Waals surface area contributed by atoms with E-state index in [4.69, 9.17) is 16.9 Å². The van der Waals surface area contributed by atoms with Crippen LogP contribution in [0.2, 0.25) is 5.02 Å². The van der Waals surface area contributed by atoms with Crippen LogP contribution in [0.3, 0.4) is 0 Å². The monoisotopic (exact) mass is 278 g/mol. The fraction of sp³-hybridized carbons (Fsp3) is 0.0714. The van der Waals surface area contributed by atoms with Crippen molar-refractivity contribution in [3.8, 4) is 6.07 Å². The number of anilines is 1. The number of rotatable bonds is 3. The van der Waals surface area contributed by atoms with Gasteiger partial charge < -0.3 is 5.32 Å². The molecule has 0 atom stereocenters. The predicted molar refractivity (Wildman–Crippen MR) is 69.9 cm³/mol. The van der Waals surface area contributed by atoms with E-state index in [1.54, 1.807) is 18.2 Å². The quantitative estimate of drug-likeness (QED) is 0.917. The SMILES string of the molecule is N#Cc1cc(NCc2cccc(Cl)c2F)ccc1F. The summed E-state index contributed by atoms with van der Waals surface area (Å²) in [5.41, 5.74) is 0.879. The van der Waals surface area contributed by atoms with Gasteiger partial charge in [-0.1, -0.05) is 23.7 Å². The molecule has 0 unspecified atom stereocenters. The molecule has 2 nitrogen and oxygen atoms in total. The van der Waals surface area contributed by atoms with Crippen molar-refractivity contribution in [1.29, 1.82) is 5.26 Å². The van der Waals surface area contributed by atoms with E-state index >= 15 is 0 Å². The first kappa shape index (κ1) is 13.3. The zero-order chi connectivity index (χ0) is 13.8. The van der Waals surface area contributed by atoms with Crippen molar-refractivity contribution in [1.82, 2.24) is 0 Å². The second-order valence-electron chi connectivity index (χ2n) is 3.87. The normalized spacial score (nSPS) is 10.0. The maximum Gasteiger partial charge on any atom is 0.146 e. The first-order valence-corrected chi connectivity index (χ1v) is 5.86. The molecule has 0 aliphatic heterocycles. The Morgan fingerprint density at radius 2 is 2.00 bits per heavy atom. The second kappa shape index (κ2) is 5.68. The van der Waals surface area contributed by atoms with Crippen molar-refractivity contribution in [2.24, 2.45) is 0 Å². The molecule has 0 saturated heterocycles. The van der Waals surface area contributed by atoms with Gasteiger partial charge >= 0.3 is 0 Å². The first-order valence-electron chi connectivity index (χ1n) is 5.48. The first-order chi connectivity index (χ1) is 9.11.